The Labute approximate surface area is 180 Å². The Kier molecular flexibility index (Phi) is 7.12. The van der Waals surface area contributed by atoms with E-state index in [0.29, 0.717) is 35.3 Å². The number of carbonyl (C=O) groups excluding carboxylic acids is 2. The maximum Gasteiger partial charge on any atom is 0.324 e. The molecule has 0 amide bonds. The number of hydrogen-bond acceptors (Lipinski definition) is 3. The van der Waals surface area contributed by atoms with Crippen LogP contribution in [0, 0.1) is 17.8 Å². The maximum absolute atomic E-state index is 13.8. The first-order valence-corrected chi connectivity index (χ1v) is 11.3. The van der Waals surface area contributed by atoms with Gasteiger partial charge in [-0.2, -0.15) is 0 Å². The molecule has 2 aromatic carbocycles. The van der Waals surface area contributed by atoms with Crippen molar-refractivity contribution in [1.29, 1.82) is 0 Å². The van der Waals surface area contributed by atoms with Gasteiger partial charge in [-0.1, -0.05) is 94.8 Å². The second kappa shape index (κ2) is 9.59. The van der Waals surface area contributed by atoms with Crippen LogP contribution in [0.5, 0.6) is 0 Å². The SMILES string of the molecule is CC[C@](C(=O)O[C@@H]1C[C@H](C)CC[C@@H]1C(C)C)(C(=O)c1ccccc1)c1ccccc1. The molecule has 3 heteroatoms. The second-order valence-electron chi connectivity index (χ2n) is 9.09. The van der Waals surface area contributed by atoms with E-state index in [-0.39, 0.29) is 11.9 Å². The molecule has 0 heterocycles. The van der Waals surface area contributed by atoms with Gasteiger partial charge in [0.05, 0.1) is 0 Å². The fourth-order valence-corrected chi connectivity index (χ4v) is 4.90. The lowest BCUT2D eigenvalue weighted by Gasteiger charge is -2.39. The van der Waals surface area contributed by atoms with Gasteiger partial charge in [-0.25, -0.2) is 0 Å². The highest BCUT2D eigenvalue weighted by molar-refractivity contribution is 6.17. The van der Waals surface area contributed by atoms with Gasteiger partial charge in [-0.3, -0.25) is 9.59 Å². The smallest absolute Gasteiger partial charge is 0.324 e. The highest BCUT2D eigenvalue weighted by Crippen LogP contribution is 2.39. The number of ether oxygens (including phenoxy) is 1. The summed E-state index contributed by atoms with van der Waals surface area (Å²) in [5.74, 6) is 0.701. The molecule has 0 saturated heterocycles. The van der Waals surface area contributed by atoms with E-state index in [1.54, 1.807) is 12.1 Å². The molecule has 1 fully saturated rings. The third-order valence-corrected chi connectivity index (χ3v) is 6.79. The van der Waals surface area contributed by atoms with Crippen LogP contribution in [0.4, 0.5) is 0 Å². The minimum absolute atomic E-state index is 0.139. The lowest BCUT2D eigenvalue weighted by molar-refractivity contribution is -0.161. The number of rotatable bonds is 7. The van der Waals surface area contributed by atoms with Crippen molar-refractivity contribution in [3.8, 4) is 0 Å². The van der Waals surface area contributed by atoms with Crippen molar-refractivity contribution < 1.29 is 14.3 Å². The maximum atomic E-state index is 13.8. The number of hydrogen-bond donors (Lipinski definition) is 0. The standard InChI is InChI=1S/C27H34O3/c1-5-27(22-14-10-7-11-15-22,25(28)21-12-8-6-9-13-21)26(29)30-24-18-20(4)16-17-23(24)19(2)3/h6-15,19-20,23-24H,5,16-18H2,1-4H3/t20-,23-,24-,27-/m1/s1. The van der Waals surface area contributed by atoms with E-state index in [2.05, 4.69) is 20.8 Å². The van der Waals surface area contributed by atoms with Gasteiger partial charge in [0.15, 0.2) is 11.2 Å². The third kappa shape index (κ3) is 4.35. The molecule has 30 heavy (non-hydrogen) atoms. The predicted octanol–water partition coefficient (Wildman–Crippen LogP) is 6.22. The molecule has 160 valence electrons. The van der Waals surface area contributed by atoms with Gasteiger partial charge in [0.1, 0.15) is 6.10 Å². The lowest BCUT2D eigenvalue weighted by atomic mass is 9.71. The molecule has 0 N–H and O–H groups in total. The summed E-state index contributed by atoms with van der Waals surface area (Å²) in [7, 11) is 0. The number of benzene rings is 2. The second-order valence-corrected chi connectivity index (χ2v) is 9.09. The molecule has 4 atom stereocenters. The van der Waals surface area contributed by atoms with Crippen LogP contribution in [0.2, 0.25) is 0 Å². The zero-order valence-electron chi connectivity index (χ0n) is 18.6. The number of ketones is 1. The van der Waals surface area contributed by atoms with E-state index >= 15 is 0 Å². The summed E-state index contributed by atoms with van der Waals surface area (Å²) in [5.41, 5.74) is -0.0842. The molecule has 0 unspecified atom stereocenters. The average molecular weight is 407 g/mol. The minimum atomic E-state index is -1.33. The Morgan fingerprint density at radius 1 is 1.00 bits per heavy atom. The average Bonchev–Trinajstić information content (AvgIpc) is 2.76. The monoisotopic (exact) mass is 406 g/mol. The molecule has 2 aromatic rings. The summed E-state index contributed by atoms with van der Waals surface area (Å²) in [6.07, 6.45) is 3.31. The van der Waals surface area contributed by atoms with Crippen molar-refractivity contribution in [3.63, 3.8) is 0 Å². The van der Waals surface area contributed by atoms with Gasteiger partial charge >= 0.3 is 5.97 Å². The number of Topliss-reactive ketones (excluding diaryl/α,β-unsaturated/α-hetero) is 1. The van der Waals surface area contributed by atoms with Gasteiger partial charge < -0.3 is 4.74 Å². The molecule has 0 radical (unpaired) electrons. The largest absolute Gasteiger partial charge is 0.461 e. The lowest BCUT2D eigenvalue weighted by Crippen LogP contribution is -2.48. The van der Waals surface area contributed by atoms with E-state index < -0.39 is 11.4 Å². The molecule has 0 spiro atoms. The molecule has 0 aromatic heterocycles. The molecular weight excluding hydrogens is 372 g/mol. The van der Waals surface area contributed by atoms with Crippen molar-refractivity contribution in [2.75, 3.05) is 0 Å². The van der Waals surface area contributed by atoms with E-state index in [1.165, 1.54) is 0 Å². The first-order chi connectivity index (χ1) is 14.4. The summed E-state index contributed by atoms with van der Waals surface area (Å²) in [4.78, 5) is 27.6. The predicted molar refractivity (Wildman–Crippen MR) is 120 cm³/mol. The highest BCUT2D eigenvalue weighted by Gasteiger charge is 2.49. The van der Waals surface area contributed by atoms with Crippen LogP contribution in [0.15, 0.2) is 60.7 Å². The Morgan fingerprint density at radius 3 is 2.17 bits per heavy atom. The highest BCUT2D eigenvalue weighted by atomic mass is 16.5. The van der Waals surface area contributed by atoms with Gasteiger partial charge in [-0.05, 0) is 42.6 Å². The summed E-state index contributed by atoms with van der Waals surface area (Å²) in [5, 5.41) is 0. The topological polar surface area (TPSA) is 43.4 Å². The quantitative estimate of drug-likeness (QED) is 0.311. The van der Waals surface area contributed by atoms with Crippen molar-refractivity contribution in [2.45, 2.75) is 64.9 Å². The van der Waals surface area contributed by atoms with Crippen molar-refractivity contribution in [1.82, 2.24) is 0 Å². The normalized spacial score (nSPS) is 23.6. The molecule has 3 nitrogen and oxygen atoms in total. The summed E-state index contributed by atoms with van der Waals surface area (Å²) in [6.45, 7) is 8.51. The van der Waals surface area contributed by atoms with Crippen LogP contribution in [0.25, 0.3) is 0 Å². The first-order valence-electron chi connectivity index (χ1n) is 11.3. The fourth-order valence-electron chi connectivity index (χ4n) is 4.90. The van der Waals surface area contributed by atoms with Gasteiger partial charge in [-0.15, -0.1) is 0 Å². The number of esters is 1. The van der Waals surface area contributed by atoms with Crippen LogP contribution < -0.4 is 0 Å². The molecule has 3 rings (SSSR count). The third-order valence-electron chi connectivity index (χ3n) is 6.79. The Hall–Kier alpha value is -2.42. The summed E-state index contributed by atoms with van der Waals surface area (Å²) in [6, 6.07) is 18.5. The summed E-state index contributed by atoms with van der Waals surface area (Å²) < 4.78 is 6.23. The molecule has 0 bridgehead atoms. The van der Waals surface area contributed by atoms with Crippen molar-refractivity contribution in [3.05, 3.63) is 71.8 Å². The Bertz CT molecular complexity index is 843. The van der Waals surface area contributed by atoms with E-state index in [4.69, 9.17) is 4.74 Å². The fraction of sp³-hybridized carbons (Fsp3) is 0.481. The number of carbonyl (C=O) groups is 2. The first kappa shape index (κ1) is 22.3. The molecule has 1 aliphatic rings. The molecule has 1 saturated carbocycles. The van der Waals surface area contributed by atoms with Crippen LogP contribution in [-0.2, 0) is 14.9 Å². The van der Waals surface area contributed by atoms with Crippen LogP contribution in [0.1, 0.15) is 69.3 Å². The van der Waals surface area contributed by atoms with Gasteiger partial charge in [0.2, 0.25) is 0 Å². The van der Waals surface area contributed by atoms with Crippen LogP contribution >= 0.6 is 0 Å². The Morgan fingerprint density at radius 2 is 1.60 bits per heavy atom. The van der Waals surface area contributed by atoms with Crippen LogP contribution in [-0.4, -0.2) is 17.9 Å². The van der Waals surface area contributed by atoms with E-state index in [9.17, 15) is 9.59 Å². The summed E-state index contributed by atoms with van der Waals surface area (Å²) >= 11 is 0. The van der Waals surface area contributed by atoms with Crippen molar-refractivity contribution in [2.24, 2.45) is 17.8 Å². The van der Waals surface area contributed by atoms with E-state index in [0.717, 1.165) is 19.3 Å². The minimum Gasteiger partial charge on any atom is -0.461 e. The Balaban J connectivity index is 2.01. The van der Waals surface area contributed by atoms with E-state index in [1.807, 2.05) is 55.5 Å². The zero-order chi connectivity index (χ0) is 21.7. The molecule has 1 aliphatic carbocycles. The zero-order valence-corrected chi connectivity index (χ0v) is 18.6. The molecule has 0 aliphatic heterocycles. The molecular formula is C27H34O3. The van der Waals surface area contributed by atoms with Gasteiger partial charge in [0.25, 0.3) is 0 Å². The van der Waals surface area contributed by atoms with Gasteiger partial charge in [0, 0.05) is 5.56 Å². The van der Waals surface area contributed by atoms with Crippen molar-refractivity contribution >= 4 is 11.8 Å². The van der Waals surface area contributed by atoms with Crippen LogP contribution in [0.3, 0.4) is 0 Å².